The first-order chi connectivity index (χ1) is 10.2. The number of hydrogen-bond donors (Lipinski definition) is 2. The number of anilines is 1. The molecule has 1 aromatic heterocycles. The van der Waals surface area contributed by atoms with Gasteiger partial charge in [0.2, 0.25) is 0 Å². The van der Waals surface area contributed by atoms with Crippen molar-refractivity contribution in [1.29, 1.82) is 0 Å². The minimum atomic E-state index is -0.224. The highest BCUT2D eigenvalue weighted by molar-refractivity contribution is 5.62. The van der Waals surface area contributed by atoms with Crippen molar-refractivity contribution in [2.45, 2.75) is 13.0 Å². The van der Waals surface area contributed by atoms with Crippen LogP contribution >= 0.6 is 0 Å². The molecule has 5 heteroatoms. The minimum Gasteiger partial charge on any atom is -0.379 e. The third-order valence-electron chi connectivity index (χ3n) is 3.30. The first kappa shape index (κ1) is 13.3. The van der Waals surface area contributed by atoms with E-state index in [4.69, 9.17) is 0 Å². The minimum absolute atomic E-state index is 0.0792. The van der Waals surface area contributed by atoms with Gasteiger partial charge in [0.15, 0.2) is 5.82 Å². The molecule has 0 aliphatic carbocycles. The Morgan fingerprint density at radius 2 is 1.95 bits per heavy atom. The SMILES string of the molecule is CC(Nc1cccc(-c2ncn[nH]2)c1)c1ccc(F)cc1. The Bertz CT molecular complexity index is 707. The number of H-pyrrole nitrogens is 1. The maximum Gasteiger partial charge on any atom is 0.155 e. The summed E-state index contributed by atoms with van der Waals surface area (Å²) in [5.74, 6) is 0.506. The maximum atomic E-state index is 13.0. The van der Waals surface area contributed by atoms with Crippen molar-refractivity contribution < 1.29 is 4.39 Å². The summed E-state index contributed by atoms with van der Waals surface area (Å²) in [6, 6.07) is 14.5. The summed E-state index contributed by atoms with van der Waals surface area (Å²) in [6.07, 6.45) is 1.48. The third-order valence-corrected chi connectivity index (χ3v) is 3.30. The molecule has 0 fully saturated rings. The number of nitrogens with zero attached hydrogens (tertiary/aromatic N) is 2. The van der Waals surface area contributed by atoms with Crippen LogP contribution in [-0.2, 0) is 0 Å². The molecule has 0 spiro atoms. The Kier molecular flexibility index (Phi) is 3.64. The molecular weight excluding hydrogens is 267 g/mol. The number of benzene rings is 2. The zero-order valence-corrected chi connectivity index (χ0v) is 11.5. The number of hydrogen-bond acceptors (Lipinski definition) is 3. The number of rotatable bonds is 4. The van der Waals surface area contributed by atoms with Gasteiger partial charge in [-0.15, -0.1) is 0 Å². The van der Waals surface area contributed by atoms with Gasteiger partial charge in [-0.05, 0) is 36.8 Å². The average Bonchev–Trinajstić information content (AvgIpc) is 3.02. The molecule has 1 atom stereocenters. The molecule has 106 valence electrons. The molecule has 0 aliphatic rings. The molecular formula is C16H15FN4. The van der Waals surface area contributed by atoms with Crippen molar-refractivity contribution >= 4 is 5.69 Å². The van der Waals surface area contributed by atoms with Crippen molar-refractivity contribution in [2.24, 2.45) is 0 Å². The van der Waals surface area contributed by atoms with Gasteiger partial charge >= 0.3 is 0 Å². The van der Waals surface area contributed by atoms with E-state index >= 15 is 0 Å². The van der Waals surface area contributed by atoms with E-state index in [0.29, 0.717) is 0 Å². The van der Waals surface area contributed by atoms with Gasteiger partial charge in [0.05, 0.1) is 0 Å². The number of aromatic nitrogens is 3. The van der Waals surface area contributed by atoms with Crippen LogP contribution in [0, 0.1) is 5.82 Å². The van der Waals surface area contributed by atoms with E-state index in [0.717, 1.165) is 22.6 Å². The summed E-state index contributed by atoms with van der Waals surface area (Å²) in [4.78, 5) is 4.14. The molecule has 4 nitrogen and oxygen atoms in total. The highest BCUT2D eigenvalue weighted by atomic mass is 19.1. The van der Waals surface area contributed by atoms with Crippen LogP contribution in [0.25, 0.3) is 11.4 Å². The lowest BCUT2D eigenvalue weighted by molar-refractivity contribution is 0.626. The summed E-state index contributed by atoms with van der Waals surface area (Å²) in [5, 5.41) is 10.1. The Morgan fingerprint density at radius 3 is 2.67 bits per heavy atom. The van der Waals surface area contributed by atoms with E-state index in [-0.39, 0.29) is 11.9 Å². The predicted molar refractivity (Wildman–Crippen MR) is 80.3 cm³/mol. The standard InChI is InChI=1S/C16H15FN4/c1-11(12-5-7-14(17)8-6-12)20-15-4-2-3-13(9-15)16-18-10-19-21-16/h2-11,20H,1H3,(H,18,19,21). The van der Waals surface area contributed by atoms with Crippen molar-refractivity contribution in [3.05, 3.63) is 66.2 Å². The van der Waals surface area contributed by atoms with Gasteiger partial charge in [0, 0.05) is 17.3 Å². The fourth-order valence-electron chi connectivity index (χ4n) is 2.19. The smallest absolute Gasteiger partial charge is 0.155 e. The molecule has 1 heterocycles. The molecule has 3 aromatic rings. The predicted octanol–water partition coefficient (Wildman–Crippen LogP) is 3.78. The van der Waals surface area contributed by atoms with Crippen LogP contribution in [0.15, 0.2) is 54.9 Å². The van der Waals surface area contributed by atoms with E-state index in [1.807, 2.05) is 31.2 Å². The Labute approximate surface area is 122 Å². The molecule has 3 rings (SSSR count). The van der Waals surface area contributed by atoms with Crippen LogP contribution in [0.1, 0.15) is 18.5 Å². The third kappa shape index (κ3) is 3.08. The molecule has 0 saturated carbocycles. The zero-order chi connectivity index (χ0) is 14.7. The van der Waals surface area contributed by atoms with Gasteiger partial charge in [-0.25, -0.2) is 9.37 Å². The molecule has 0 bridgehead atoms. The lowest BCUT2D eigenvalue weighted by Gasteiger charge is -2.16. The largest absolute Gasteiger partial charge is 0.379 e. The Morgan fingerprint density at radius 1 is 1.14 bits per heavy atom. The second-order valence-electron chi connectivity index (χ2n) is 4.83. The normalized spacial score (nSPS) is 12.1. The van der Waals surface area contributed by atoms with Gasteiger partial charge in [-0.2, -0.15) is 5.10 Å². The van der Waals surface area contributed by atoms with E-state index in [9.17, 15) is 4.39 Å². The summed E-state index contributed by atoms with van der Waals surface area (Å²) in [7, 11) is 0. The summed E-state index contributed by atoms with van der Waals surface area (Å²) < 4.78 is 13.0. The van der Waals surface area contributed by atoms with Crippen molar-refractivity contribution in [2.75, 3.05) is 5.32 Å². The first-order valence-corrected chi connectivity index (χ1v) is 6.70. The number of halogens is 1. The Hall–Kier alpha value is -2.69. The average molecular weight is 282 g/mol. The molecule has 21 heavy (non-hydrogen) atoms. The molecule has 0 amide bonds. The monoisotopic (exact) mass is 282 g/mol. The van der Waals surface area contributed by atoms with E-state index in [2.05, 4.69) is 20.5 Å². The summed E-state index contributed by atoms with van der Waals surface area (Å²) in [6.45, 7) is 2.04. The molecule has 1 unspecified atom stereocenters. The van der Waals surface area contributed by atoms with Crippen LogP contribution in [-0.4, -0.2) is 15.2 Å². The van der Waals surface area contributed by atoms with Gasteiger partial charge < -0.3 is 5.32 Å². The first-order valence-electron chi connectivity index (χ1n) is 6.70. The highest BCUT2D eigenvalue weighted by Gasteiger charge is 2.07. The van der Waals surface area contributed by atoms with Crippen LogP contribution in [0.5, 0.6) is 0 Å². The molecule has 2 N–H and O–H groups in total. The van der Waals surface area contributed by atoms with Gasteiger partial charge in [0.1, 0.15) is 12.1 Å². The lowest BCUT2D eigenvalue weighted by atomic mass is 10.1. The van der Waals surface area contributed by atoms with Crippen LogP contribution < -0.4 is 5.32 Å². The molecule has 0 aliphatic heterocycles. The van der Waals surface area contributed by atoms with Crippen molar-refractivity contribution in [3.8, 4) is 11.4 Å². The molecule has 2 aromatic carbocycles. The number of aromatic amines is 1. The van der Waals surface area contributed by atoms with E-state index < -0.39 is 0 Å². The van der Waals surface area contributed by atoms with E-state index in [1.165, 1.54) is 18.5 Å². The Balaban J connectivity index is 1.78. The van der Waals surface area contributed by atoms with Crippen LogP contribution in [0.4, 0.5) is 10.1 Å². The summed E-state index contributed by atoms with van der Waals surface area (Å²) >= 11 is 0. The quantitative estimate of drug-likeness (QED) is 0.765. The second-order valence-corrected chi connectivity index (χ2v) is 4.83. The molecule has 0 saturated heterocycles. The number of nitrogens with one attached hydrogen (secondary N) is 2. The van der Waals surface area contributed by atoms with Gasteiger partial charge in [0.25, 0.3) is 0 Å². The van der Waals surface area contributed by atoms with Gasteiger partial charge in [-0.1, -0.05) is 24.3 Å². The highest BCUT2D eigenvalue weighted by Crippen LogP contribution is 2.23. The van der Waals surface area contributed by atoms with Crippen molar-refractivity contribution in [1.82, 2.24) is 15.2 Å². The van der Waals surface area contributed by atoms with Crippen LogP contribution in [0.2, 0.25) is 0 Å². The second kappa shape index (κ2) is 5.75. The van der Waals surface area contributed by atoms with Crippen molar-refractivity contribution in [3.63, 3.8) is 0 Å². The summed E-state index contributed by atoms with van der Waals surface area (Å²) in [5.41, 5.74) is 2.96. The fourth-order valence-corrected chi connectivity index (χ4v) is 2.19. The van der Waals surface area contributed by atoms with Crippen LogP contribution in [0.3, 0.4) is 0 Å². The topological polar surface area (TPSA) is 53.6 Å². The fraction of sp³-hybridized carbons (Fsp3) is 0.125. The lowest BCUT2D eigenvalue weighted by Crippen LogP contribution is -2.06. The zero-order valence-electron chi connectivity index (χ0n) is 11.5. The van der Waals surface area contributed by atoms with E-state index in [1.54, 1.807) is 12.1 Å². The van der Waals surface area contributed by atoms with Gasteiger partial charge in [-0.3, -0.25) is 5.10 Å². The molecule has 0 radical (unpaired) electrons. The maximum absolute atomic E-state index is 13.0.